The van der Waals surface area contributed by atoms with Crippen LogP contribution in [0.25, 0.3) is 0 Å². The summed E-state index contributed by atoms with van der Waals surface area (Å²) in [6.45, 7) is 9.05. The number of hydrogen-bond acceptors (Lipinski definition) is 7. The van der Waals surface area contributed by atoms with Crippen molar-refractivity contribution >= 4 is 38.2 Å². The van der Waals surface area contributed by atoms with E-state index in [0.29, 0.717) is 16.1 Å². The van der Waals surface area contributed by atoms with Crippen LogP contribution in [-0.4, -0.2) is 74.9 Å². The molecular formula is C25H34N4O5S2. The van der Waals surface area contributed by atoms with E-state index in [1.165, 1.54) is 39.9 Å². The zero-order chi connectivity index (χ0) is 26.0. The number of fused-ring (bicyclic) bond motifs is 1. The lowest BCUT2D eigenvalue weighted by atomic mass is 10.0. The van der Waals surface area contributed by atoms with Crippen molar-refractivity contribution in [3.63, 3.8) is 0 Å². The summed E-state index contributed by atoms with van der Waals surface area (Å²) in [5.74, 6) is -0.608. The largest absolute Gasteiger partial charge is 0.373 e. The standard InChI is InChI=1S/C25H34N4O5S2/c1-5-11-28-12-10-20-21(15-28)35-25(22(20)24(31)26-4)27-23(30)18-6-8-19(9-7-18)36(32,33)29-13-16(2)34-17(3)14-29/h6-9,16-17H,5,10-15H2,1-4H3,(H,26,31)(H,27,30)/t16-,17-/m1/s1. The van der Waals surface area contributed by atoms with E-state index in [-0.39, 0.29) is 42.0 Å². The molecule has 2 amide bonds. The van der Waals surface area contributed by atoms with Crippen LogP contribution in [0.15, 0.2) is 29.2 Å². The molecule has 0 radical (unpaired) electrons. The van der Waals surface area contributed by atoms with Crippen molar-refractivity contribution in [3.8, 4) is 0 Å². The zero-order valence-corrected chi connectivity index (χ0v) is 22.8. The Bertz CT molecular complexity index is 1220. The second-order valence-corrected chi connectivity index (χ2v) is 12.4. The maximum absolute atomic E-state index is 13.1. The zero-order valence-electron chi connectivity index (χ0n) is 21.2. The predicted octanol–water partition coefficient (Wildman–Crippen LogP) is 2.93. The molecule has 1 aromatic carbocycles. The molecule has 0 bridgehead atoms. The molecule has 3 heterocycles. The number of nitrogens with one attached hydrogen (secondary N) is 2. The van der Waals surface area contributed by atoms with Crippen LogP contribution >= 0.6 is 11.3 Å². The molecule has 2 aliphatic heterocycles. The van der Waals surface area contributed by atoms with Gasteiger partial charge in [-0.3, -0.25) is 14.5 Å². The van der Waals surface area contributed by atoms with Gasteiger partial charge in [0.05, 0.1) is 22.7 Å². The summed E-state index contributed by atoms with van der Waals surface area (Å²) in [7, 11) is -2.11. The molecule has 0 spiro atoms. The highest BCUT2D eigenvalue weighted by Crippen LogP contribution is 2.37. The van der Waals surface area contributed by atoms with Crippen LogP contribution in [0.3, 0.4) is 0 Å². The van der Waals surface area contributed by atoms with Crippen LogP contribution in [0.5, 0.6) is 0 Å². The molecule has 1 saturated heterocycles. The third kappa shape index (κ3) is 5.50. The summed E-state index contributed by atoms with van der Waals surface area (Å²) in [6, 6.07) is 5.92. The van der Waals surface area contributed by atoms with E-state index >= 15 is 0 Å². The van der Waals surface area contributed by atoms with E-state index in [9.17, 15) is 18.0 Å². The third-order valence-electron chi connectivity index (χ3n) is 6.50. The Balaban J connectivity index is 1.53. The number of carbonyl (C=O) groups excluding carboxylic acids is 2. The van der Waals surface area contributed by atoms with E-state index in [2.05, 4.69) is 22.5 Å². The van der Waals surface area contributed by atoms with Crippen molar-refractivity contribution in [2.45, 2.75) is 57.3 Å². The first-order valence-electron chi connectivity index (χ1n) is 12.3. The molecule has 4 rings (SSSR count). The molecule has 0 unspecified atom stereocenters. The van der Waals surface area contributed by atoms with Gasteiger partial charge in [-0.15, -0.1) is 11.3 Å². The van der Waals surface area contributed by atoms with Crippen molar-refractivity contribution in [1.29, 1.82) is 0 Å². The minimum atomic E-state index is -3.70. The smallest absolute Gasteiger partial charge is 0.256 e. The Hall–Kier alpha value is -2.31. The maximum Gasteiger partial charge on any atom is 0.256 e. The van der Waals surface area contributed by atoms with Crippen LogP contribution in [0, 0.1) is 0 Å². The van der Waals surface area contributed by atoms with Gasteiger partial charge in [0.1, 0.15) is 5.00 Å². The van der Waals surface area contributed by atoms with Crippen LogP contribution in [0.4, 0.5) is 5.00 Å². The van der Waals surface area contributed by atoms with Crippen molar-refractivity contribution in [2.24, 2.45) is 0 Å². The summed E-state index contributed by atoms with van der Waals surface area (Å²) in [4.78, 5) is 29.4. The molecule has 2 aromatic rings. The van der Waals surface area contributed by atoms with Crippen LogP contribution < -0.4 is 10.6 Å². The molecule has 11 heteroatoms. The lowest BCUT2D eigenvalue weighted by molar-refractivity contribution is -0.0440. The first-order chi connectivity index (χ1) is 17.1. The van der Waals surface area contributed by atoms with Crippen molar-refractivity contribution < 1.29 is 22.7 Å². The average molecular weight is 535 g/mol. The summed E-state index contributed by atoms with van der Waals surface area (Å²) in [6.07, 6.45) is 1.44. The number of carbonyl (C=O) groups is 2. The average Bonchev–Trinajstić information content (AvgIpc) is 3.20. The summed E-state index contributed by atoms with van der Waals surface area (Å²) >= 11 is 1.44. The maximum atomic E-state index is 13.1. The molecule has 9 nitrogen and oxygen atoms in total. The molecule has 0 aliphatic carbocycles. The number of benzene rings is 1. The minimum absolute atomic E-state index is 0.133. The number of amides is 2. The highest BCUT2D eigenvalue weighted by molar-refractivity contribution is 7.89. The number of anilines is 1. The highest BCUT2D eigenvalue weighted by Gasteiger charge is 2.32. The minimum Gasteiger partial charge on any atom is -0.373 e. The molecule has 0 saturated carbocycles. The molecular weight excluding hydrogens is 500 g/mol. The third-order valence-corrected chi connectivity index (χ3v) is 9.48. The lowest BCUT2D eigenvalue weighted by Gasteiger charge is -2.34. The number of ether oxygens (including phenoxy) is 1. The van der Waals surface area contributed by atoms with Crippen LogP contribution in [0.1, 0.15) is 58.3 Å². The fourth-order valence-electron chi connectivity index (χ4n) is 4.85. The number of morpholine rings is 1. The fourth-order valence-corrected chi connectivity index (χ4v) is 7.72. The van der Waals surface area contributed by atoms with Gasteiger partial charge in [-0.2, -0.15) is 4.31 Å². The quantitative estimate of drug-likeness (QED) is 0.566. The fraction of sp³-hybridized carbons (Fsp3) is 0.520. The number of nitrogens with zero attached hydrogens (tertiary/aromatic N) is 2. The first kappa shape index (κ1) is 26.7. The Kier molecular flexibility index (Phi) is 8.15. The molecule has 196 valence electrons. The van der Waals surface area contributed by atoms with E-state index in [4.69, 9.17) is 4.74 Å². The first-order valence-corrected chi connectivity index (χ1v) is 14.6. The topological polar surface area (TPSA) is 108 Å². The molecule has 2 atom stereocenters. The van der Waals surface area contributed by atoms with Crippen molar-refractivity contribution in [1.82, 2.24) is 14.5 Å². The number of rotatable bonds is 7. The summed E-state index contributed by atoms with van der Waals surface area (Å²) in [5, 5.41) is 6.12. The van der Waals surface area contributed by atoms with Gasteiger partial charge in [0.15, 0.2) is 0 Å². The van der Waals surface area contributed by atoms with Crippen LogP contribution in [-0.2, 0) is 27.7 Å². The lowest BCUT2D eigenvalue weighted by Crippen LogP contribution is -2.48. The van der Waals surface area contributed by atoms with E-state index < -0.39 is 10.0 Å². The molecule has 1 aromatic heterocycles. The molecule has 2 N–H and O–H groups in total. The number of thiophene rings is 1. The van der Waals surface area contributed by atoms with Gasteiger partial charge in [-0.05, 0) is 63.1 Å². The Morgan fingerprint density at radius 1 is 1.11 bits per heavy atom. The van der Waals surface area contributed by atoms with Crippen LogP contribution in [0.2, 0.25) is 0 Å². The van der Waals surface area contributed by atoms with Gasteiger partial charge >= 0.3 is 0 Å². The second kappa shape index (κ2) is 11.0. The summed E-state index contributed by atoms with van der Waals surface area (Å²) < 4.78 is 33.3. The van der Waals surface area contributed by atoms with E-state index in [1.54, 1.807) is 7.05 Å². The molecule has 1 fully saturated rings. The monoisotopic (exact) mass is 534 g/mol. The number of sulfonamides is 1. The Labute approximate surface area is 216 Å². The van der Waals surface area contributed by atoms with Gasteiger partial charge in [-0.1, -0.05) is 6.92 Å². The van der Waals surface area contributed by atoms with Gasteiger partial charge in [0.25, 0.3) is 11.8 Å². The predicted molar refractivity (Wildman–Crippen MR) is 140 cm³/mol. The van der Waals surface area contributed by atoms with Crippen molar-refractivity contribution in [3.05, 3.63) is 45.8 Å². The molecule has 36 heavy (non-hydrogen) atoms. The summed E-state index contributed by atoms with van der Waals surface area (Å²) in [5.41, 5.74) is 1.84. The van der Waals surface area contributed by atoms with E-state index in [1.807, 2.05) is 13.8 Å². The van der Waals surface area contributed by atoms with E-state index in [0.717, 1.165) is 42.9 Å². The number of hydrogen-bond donors (Lipinski definition) is 2. The normalized spacial score (nSPS) is 21.1. The van der Waals surface area contributed by atoms with Gasteiger partial charge in [0.2, 0.25) is 10.0 Å². The Morgan fingerprint density at radius 2 is 1.78 bits per heavy atom. The Morgan fingerprint density at radius 3 is 2.39 bits per heavy atom. The highest BCUT2D eigenvalue weighted by atomic mass is 32.2. The van der Waals surface area contributed by atoms with Gasteiger partial charge in [0, 0.05) is 43.7 Å². The van der Waals surface area contributed by atoms with Gasteiger partial charge in [-0.25, -0.2) is 8.42 Å². The second-order valence-electron chi connectivity index (χ2n) is 9.37. The SMILES string of the molecule is CCCN1CCc2c(sc(NC(=O)c3ccc(S(=O)(=O)N4C[C@@H](C)O[C@H](C)C4)cc3)c2C(=O)NC)C1. The van der Waals surface area contributed by atoms with Crippen molar-refractivity contribution in [2.75, 3.05) is 38.5 Å². The van der Waals surface area contributed by atoms with Gasteiger partial charge < -0.3 is 15.4 Å². The molecule has 2 aliphatic rings.